The van der Waals surface area contributed by atoms with Gasteiger partial charge in [0.25, 0.3) is 0 Å². The molecule has 1 aliphatic rings. The molecule has 23 heavy (non-hydrogen) atoms. The van der Waals surface area contributed by atoms with Gasteiger partial charge in [-0.1, -0.05) is 18.2 Å². The van der Waals surface area contributed by atoms with Gasteiger partial charge in [-0.2, -0.15) is 0 Å². The summed E-state index contributed by atoms with van der Waals surface area (Å²) in [6.45, 7) is 0.767. The van der Waals surface area contributed by atoms with Crippen molar-refractivity contribution >= 4 is 16.0 Å². The molecule has 0 amide bonds. The summed E-state index contributed by atoms with van der Waals surface area (Å²) in [7, 11) is -3.81. The Labute approximate surface area is 134 Å². The molecule has 2 N–H and O–H groups in total. The molecule has 0 saturated carbocycles. The van der Waals surface area contributed by atoms with Crippen molar-refractivity contribution in [2.24, 2.45) is 11.8 Å². The molecule has 1 heterocycles. The third-order valence-corrected chi connectivity index (χ3v) is 5.28. The van der Waals surface area contributed by atoms with Crippen molar-refractivity contribution in [3.63, 3.8) is 0 Å². The summed E-state index contributed by atoms with van der Waals surface area (Å²) in [5.41, 5.74) is 0.0536. The molecular formula is C15H20FNO5S. The topological polar surface area (TPSA) is 92.7 Å². The molecule has 0 aromatic heterocycles. The van der Waals surface area contributed by atoms with E-state index in [4.69, 9.17) is 4.74 Å². The molecule has 1 unspecified atom stereocenters. The Morgan fingerprint density at radius 3 is 2.61 bits per heavy atom. The summed E-state index contributed by atoms with van der Waals surface area (Å²) in [6, 6.07) is 5.61. The van der Waals surface area contributed by atoms with Crippen LogP contribution in [0, 0.1) is 17.7 Å². The van der Waals surface area contributed by atoms with Crippen LogP contribution in [0.15, 0.2) is 24.3 Å². The number of ether oxygens (including phenoxy) is 1. The van der Waals surface area contributed by atoms with Gasteiger partial charge in [-0.05, 0) is 24.8 Å². The Balaban J connectivity index is 1.98. The summed E-state index contributed by atoms with van der Waals surface area (Å²) < 4.78 is 45.2. The molecule has 128 valence electrons. The van der Waals surface area contributed by atoms with Crippen molar-refractivity contribution < 1.29 is 27.4 Å². The number of halogens is 1. The van der Waals surface area contributed by atoms with E-state index in [2.05, 4.69) is 4.72 Å². The van der Waals surface area contributed by atoms with Crippen molar-refractivity contribution in [2.45, 2.75) is 18.6 Å². The highest BCUT2D eigenvalue weighted by atomic mass is 32.2. The average molecular weight is 345 g/mol. The van der Waals surface area contributed by atoms with Gasteiger partial charge in [0.15, 0.2) is 0 Å². The predicted octanol–water partition coefficient (Wildman–Crippen LogP) is 1.37. The fraction of sp³-hybridized carbons (Fsp3) is 0.533. The number of carboxylic acids is 1. The zero-order valence-corrected chi connectivity index (χ0v) is 13.4. The second kappa shape index (κ2) is 7.85. The number of carbonyl (C=O) groups is 1. The van der Waals surface area contributed by atoms with Crippen molar-refractivity contribution in [3.05, 3.63) is 35.6 Å². The van der Waals surface area contributed by atoms with Gasteiger partial charge in [0.2, 0.25) is 10.0 Å². The maximum absolute atomic E-state index is 13.5. The number of hydrogen-bond acceptors (Lipinski definition) is 4. The second-order valence-electron chi connectivity index (χ2n) is 5.59. The minimum absolute atomic E-state index is 0.0536. The lowest BCUT2D eigenvalue weighted by Crippen LogP contribution is -2.39. The smallest absolute Gasteiger partial charge is 0.308 e. The molecule has 0 bridgehead atoms. The van der Waals surface area contributed by atoms with Crippen LogP contribution in [0.4, 0.5) is 4.39 Å². The number of rotatable bonds is 7. The summed E-state index contributed by atoms with van der Waals surface area (Å²) >= 11 is 0. The fourth-order valence-corrected chi connectivity index (χ4v) is 3.84. The quantitative estimate of drug-likeness (QED) is 0.779. The molecule has 1 aromatic rings. The third-order valence-electron chi connectivity index (χ3n) is 3.98. The maximum atomic E-state index is 13.5. The van der Waals surface area contributed by atoms with Crippen LogP contribution in [0.5, 0.6) is 0 Å². The van der Waals surface area contributed by atoms with Crippen LogP contribution >= 0.6 is 0 Å². The van der Waals surface area contributed by atoms with Crippen LogP contribution < -0.4 is 4.72 Å². The van der Waals surface area contributed by atoms with Crippen molar-refractivity contribution in [3.8, 4) is 0 Å². The zero-order chi connectivity index (χ0) is 16.9. The van der Waals surface area contributed by atoms with Crippen molar-refractivity contribution in [1.82, 2.24) is 4.72 Å². The molecule has 1 fully saturated rings. The largest absolute Gasteiger partial charge is 0.481 e. The normalized spacial score (nSPS) is 17.8. The fourth-order valence-electron chi connectivity index (χ4n) is 2.66. The monoisotopic (exact) mass is 345 g/mol. The predicted molar refractivity (Wildman–Crippen MR) is 81.7 cm³/mol. The number of benzene rings is 1. The van der Waals surface area contributed by atoms with Gasteiger partial charge < -0.3 is 9.84 Å². The first-order valence-corrected chi connectivity index (χ1v) is 9.05. The van der Waals surface area contributed by atoms with E-state index in [1.165, 1.54) is 18.2 Å². The van der Waals surface area contributed by atoms with Crippen LogP contribution in [-0.4, -0.2) is 39.3 Å². The first-order valence-electron chi connectivity index (χ1n) is 7.40. The number of carboxylic acid groups (broad SMARTS) is 1. The van der Waals surface area contributed by atoms with Crippen LogP contribution in [0.3, 0.4) is 0 Å². The Morgan fingerprint density at radius 1 is 1.35 bits per heavy atom. The molecule has 0 radical (unpaired) electrons. The molecule has 0 aliphatic carbocycles. The maximum Gasteiger partial charge on any atom is 0.308 e. The molecule has 1 atom stereocenters. The molecule has 1 saturated heterocycles. The van der Waals surface area contributed by atoms with Gasteiger partial charge in [-0.15, -0.1) is 0 Å². The van der Waals surface area contributed by atoms with E-state index in [-0.39, 0.29) is 18.0 Å². The molecule has 8 heteroatoms. The van der Waals surface area contributed by atoms with Crippen molar-refractivity contribution in [2.75, 3.05) is 19.8 Å². The third kappa shape index (κ3) is 5.26. The number of nitrogens with one attached hydrogen (secondary N) is 1. The minimum atomic E-state index is -3.81. The van der Waals surface area contributed by atoms with E-state index in [9.17, 15) is 22.7 Å². The highest BCUT2D eigenvalue weighted by Crippen LogP contribution is 2.24. The van der Waals surface area contributed by atoms with E-state index in [1.54, 1.807) is 6.07 Å². The zero-order valence-electron chi connectivity index (χ0n) is 12.6. The van der Waals surface area contributed by atoms with Gasteiger partial charge in [0.05, 0.1) is 11.7 Å². The van der Waals surface area contributed by atoms with E-state index >= 15 is 0 Å². The minimum Gasteiger partial charge on any atom is -0.481 e. The van der Waals surface area contributed by atoms with Gasteiger partial charge >= 0.3 is 5.97 Å². The molecule has 0 spiro atoms. The number of sulfonamides is 1. The van der Waals surface area contributed by atoms with Gasteiger partial charge in [-0.3, -0.25) is 4.79 Å². The van der Waals surface area contributed by atoms with Crippen LogP contribution in [0.25, 0.3) is 0 Å². The lowest BCUT2D eigenvalue weighted by atomic mass is 9.86. The SMILES string of the molecule is O=C(O)C(CNS(=O)(=O)Cc1ccccc1F)C1CCOCC1. The Kier molecular flexibility index (Phi) is 6.09. The van der Waals surface area contributed by atoms with Gasteiger partial charge in [0, 0.05) is 25.3 Å². The van der Waals surface area contributed by atoms with Crippen LogP contribution in [0.2, 0.25) is 0 Å². The second-order valence-corrected chi connectivity index (χ2v) is 7.40. The Hall–Kier alpha value is -1.51. The molecular weight excluding hydrogens is 325 g/mol. The summed E-state index contributed by atoms with van der Waals surface area (Å²) in [6.07, 6.45) is 1.18. The van der Waals surface area contributed by atoms with E-state index in [1.807, 2.05) is 0 Å². The standard InChI is InChI=1S/C15H20FNO5S/c16-14-4-2-1-3-12(14)10-23(20,21)17-9-13(15(18)19)11-5-7-22-8-6-11/h1-4,11,13,17H,5-10H2,(H,18,19). The van der Waals surface area contributed by atoms with Crippen LogP contribution in [-0.2, 0) is 25.3 Å². The Bertz CT molecular complexity index is 643. The number of aliphatic carboxylic acids is 1. The lowest BCUT2D eigenvalue weighted by Gasteiger charge is -2.27. The Morgan fingerprint density at radius 2 is 2.00 bits per heavy atom. The van der Waals surface area contributed by atoms with E-state index in [0.29, 0.717) is 26.1 Å². The van der Waals surface area contributed by atoms with Crippen LogP contribution in [0.1, 0.15) is 18.4 Å². The highest BCUT2D eigenvalue weighted by molar-refractivity contribution is 7.88. The highest BCUT2D eigenvalue weighted by Gasteiger charge is 2.30. The summed E-state index contributed by atoms with van der Waals surface area (Å²) in [4.78, 5) is 11.4. The molecule has 2 rings (SSSR count). The molecule has 1 aromatic carbocycles. The summed E-state index contributed by atoms with van der Waals surface area (Å²) in [5.74, 6) is -3.09. The first kappa shape index (κ1) is 17.8. The lowest BCUT2D eigenvalue weighted by molar-refractivity contribution is -0.144. The van der Waals surface area contributed by atoms with E-state index in [0.717, 1.165) is 0 Å². The van der Waals surface area contributed by atoms with E-state index < -0.39 is 33.5 Å². The van der Waals surface area contributed by atoms with Crippen molar-refractivity contribution in [1.29, 1.82) is 0 Å². The molecule has 6 nitrogen and oxygen atoms in total. The van der Waals surface area contributed by atoms with Gasteiger partial charge in [-0.25, -0.2) is 17.5 Å². The average Bonchev–Trinajstić information content (AvgIpc) is 2.50. The van der Waals surface area contributed by atoms with Gasteiger partial charge in [0.1, 0.15) is 5.82 Å². The summed E-state index contributed by atoms with van der Waals surface area (Å²) in [5, 5.41) is 9.32. The molecule has 1 aliphatic heterocycles. The first-order chi connectivity index (χ1) is 10.9. The number of hydrogen-bond donors (Lipinski definition) is 2.